The van der Waals surface area contributed by atoms with E-state index in [0.717, 1.165) is 62.6 Å². The maximum Gasteiger partial charge on any atom is 0.417 e. The summed E-state index contributed by atoms with van der Waals surface area (Å²) in [5.41, 5.74) is 0.383. The van der Waals surface area contributed by atoms with Crippen molar-refractivity contribution in [3.8, 4) is 0 Å². The molecule has 39 heavy (non-hydrogen) atoms. The van der Waals surface area contributed by atoms with Crippen molar-refractivity contribution in [3.05, 3.63) is 53.0 Å². The van der Waals surface area contributed by atoms with Crippen LogP contribution in [-0.4, -0.2) is 77.3 Å². The number of aryl methyl sites for hydroxylation is 2. The zero-order valence-electron chi connectivity index (χ0n) is 22.1. The molecule has 1 amide bonds. The number of anilines is 1. The molecule has 3 N–H and O–H groups in total. The van der Waals surface area contributed by atoms with Crippen molar-refractivity contribution in [2.75, 3.05) is 44.7 Å². The molecule has 0 bridgehead atoms. The summed E-state index contributed by atoms with van der Waals surface area (Å²) in [6.45, 7) is 5.39. The fourth-order valence-corrected chi connectivity index (χ4v) is 4.45. The minimum atomic E-state index is -4.77. The minimum absolute atomic E-state index is 0.0207. The lowest BCUT2D eigenvalue weighted by molar-refractivity contribution is -0.139. The van der Waals surface area contributed by atoms with Crippen LogP contribution in [0.15, 0.2) is 30.6 Å². The van der Waals surface area contributed by atoms with Crippen molar-refractivity contribution in [2.45, 2.75) is 57.7 Å². The zero-order chi connectivity index (χ0) is 28.3. The molecule has 2 aromatic rings. The van der Waals surface area contributed by atoms with Gasteiger partial charge in [-0.25, -0.2) is 9.78 Å². The molecule has 1 aliphatic heterocycles. The molecule has 12 heteroatoms. The molecule has 0 aromatic carbocycles. The monoisotopic (exact) mass is 551 g/mol. The molecule has 0 aliphatic carbocycles. The van der Waals surface area contributed by atoms with Crippen molar-refractivity contribution in [1.82, 2.24) is 20.2 Å². The zero-order valence-corrected chi connectivity index (χ0v) is 22.1. The Balaban J connectivity index is 1.54. The van der Waals surface area contributed by atoms with Gasteiger partial charge in [-0.3, -0.25) is 9.78 Å². The second-order valence-electron chi connectivity index (χ2n) is 9.41. The number of aliphatic carboxylic acids is 1. The fraction of sp³-hybridized carbons (Fsp3) is 0.556. The van der Waals surface area contributed by atoms with Gasteiger partial charge in [0.05, 0.1) is 17.7 Å². The van der Waals surface area contributed by atoms with E-state index in [2.05, 4.69) is 27.8 Å². The number of carbonyl (C=O) groups excluding carboxylic acids is 1. The van der Waals surface area contributed by atoms with E-state index in [1.54, 1.807) is 0 Å². The predicted molar refractivity (Wildman–Crippen MR) is 140 cm³/mol. The molecule has 2 aromatic heterocycles. The summed E-state index contributed by atoms with van der Waals surface area (Å²) in [5.74, 6) is -1.49. The number of nitrogens with zero attached hydrogens (tertiary/aromatic N) is 3. The minimum Gasteiger partial charge on any atom is -0.480 e. The van der Waals surface area contributed by atoms with Crippen molar-refractivity contribution in [1.29, 1.82) is 0 Å². The number of carbonyl (C=O) groups is 2. The topological polar surface area (TPSA) is 117 Å². The number of hydrogen-bond donors (Lipinski definition) is 3. The highest BCUT2D eigenvalue weighted by atomic mass is 19.4. The lowest BCUT2D eigenvalue weighted by Crippen LogP contribution is -2.44. The number of carboxylic acid groups (broad SMARTS) is 1. The van der Waals surface area contributed by atoms with Gasteiger partial charge in [0, 0.05) is 44.3 Å². The van der Waals surface area contributed by atoms with Crippen molar-refractivity contribution < 1.29 is 32.6 Å². The maximum absolute atomic E-state index is 13.3. The molecule has 0 radical (unpaired) electrons. The van der Waals surface area contributed by atoms with Gasteiger partial charge in [0.1, 0.15) is 11.9 Å². The van der Waals surface area contributed by atoms with Gasteiger partial charge in [0.15, 0.2) is 0 Å². The van der Waals surface area contributed by atoms with Crippen LogP contribution in [0.2, 0.25) is 0 Å². The quantitative estimate of drug-likeness (QED) is 0.287. The number of carboxylic acids is 1. The average molecular weight is 552 g/mol. The molecule has 1 atom stereocenters. The summed E-state index contributed by atoms with van der Waals surface area (Å²) in [4.78, 5) is 34.8. The van der Waals surface area contributed by atoms with Crippen molar-refractivity contribution in [2.24, 2.45) is 0 Å². The standard InChI is InChI=1S/C27H36F3N5O4/c1-2-39-17-16-35(14-4-3-7-20-9-8-19-6-5-12-32-24(19)33-20)15-11-23(26(37)38)34-25(36)21-18-31-13-10-22(21)27(28,29)30/h8-10,13,18,23H,2-7,11-12,14-17H2,1H3,(H,32,33)(H,34,36)(H,37,38). The number of hydrogen-bond acceptors (Lipinski definition) is 7. The van der Waals surface area contributed by atoms with Crippen LogP contribution in [0.25, 0.3) is 0 Å². The molecule has 0 saturated heterocycles. The third kappa shape index (κ3) is 9.47. The lowest BCUT2D eigenvalue weighted by atomic mass is 10.1. The number of ether oxygens (including phenoxy) is 1. The number of rotatable bonds is 15. The van der Waals surface area contributed by atoms with Crippen molar-refractivity contribution in [3.63, 3.8) is 0 Å². The van der Waals surface area contributed by atoms with Crippen LogP contribution in [-0.2, 0) is 28.5 Å². The molecule has 0 fully saturated rings. The van der Waals surface area contributed by atoms with Crippen LogP contribution in [0.1, 0.15) is 59.8 Å². The van der Waals surface area contributed by atoms with E-state index in [9.17, 15) is 27.9 Å². The second kappa shape index (κ2) is 14.8. The van der Waals surface area contributed by atoms with Gasteiger partial charge >= 0.3 is 12.1 Å². The van der Waals surface area contributed by atoms with E-state index < -0.39 is 35.2 Å². The summed E-state index contributed by atoms with van der Waals surface area (Å²) < 4.78 is 45.3. The number of alkyl halides is 3. The highest BCUT2D eigenvalue weighted by molar-refractivity contribution is 5.97. The van der Waals surface area contributed by atoms with Crippen LogP contribution in [0.5, 0.6) is 0 Å². The van der Waals surface area contributed by atoms with Crippen LogP contribution in [0, 0.1) is 0 Å². The molecule has 3 heterocycles. The second-order valence-corrected chi connectivity index (χ2v) is 9.41. The number of halogens is 3. The smallest absolute Gasteiger partial charge is 0.417 e. The average Bonchev–Trinajstić information content (AvgIpc) is 2.92. The van der Waals surface area contributed by atoms with E-state index in [0.29, 0.717) is 38.9 Å². The SMILES string of the molecule is CCOCCN(CCCCc1ccc2c(n1)NCCC2)CCC(NC(=O)c1cnccc1C(F)(F)F)C(=O)O. The van der Waals surface area contributed by atoms with E-state index in [4.69, 9.17) is 9.72 Å². The molecule has 3 rings (SSSR count). The molecule has 214 valence electrons. The first kappa shape index (κ1) is 30.3. The molecule has 9 nitrogen and oxygen atoms in total. The Hall–Kier alpha value is -3.25. The number of nitrogens with one attached hydrogen (secondary N) is 2. The van der Waals surface area contributed by atoms with Gasteiger partial charge in [-0.2, -0.15) is 13.2 Å². The summed E-state index contributed by atoms with van der Waals surface area (Å²) in [6, 6.07) is 3.52. The molecule has 1 aliphatic rings. The summed E-state index contributed by atoms with van der Waals surface area (Å²) >= 11 is 0. The Morgan fingerprint density at radius 1 is 1.21 bits per heavy atom. The Kier molecular flexibility index (Phi) is 11.5. The van der Waals surface area contributed by atoms with Gasteiger partial charge in [-0.05, 0) is 69.7 Å². The summed E-state index contributed by atoms with van der Waals surface area (Å²) in [6.07, 6.45) is 1.66. The van der Waals surface area contributed by atoms with E-state index in [1.807, 2.05) is 11.8 Å². The summed E-state index contributed by atoms with van der Waals surface area (Å²) in [7, 11) is 0. The third-order valence-corrected chi connectivity index (χ3v) is 6.57. The molecule has 0 saturated carbocycles. The number of aromatic nitrogens is 2. The normalized spacial score (nSPS) is 14.0. The third-order valence-electron chi connectivity index (χ3n) is 6.57. The maximum atomic E-state index is 13.3. The Morgan fingerprint density at radius 2 is 2.03 bits per heavy atom. The van der Waals surface area contributed by atoms with Gasteiger partial charge in [0.2, 0.25) is 0 Å². The van der Waals surface area contributed by atoms with Gasteiger partial charge < -0.3 is 25.4 Å². The summed E-state index contributed by atoms with van der Waals surface area (Å²) in [5, 5.41) is 15.2. The molecule has 1 unspecified atom stereocenters. The molecular weight excluding hydrogens is 515 g/mol. The van der Waals surface area contributed by atoms with Crippen LogP contribution < -0.4 is 10.6 Å². The highest BCUT2D eigenvalue weighted by Gasteiger charge is 2.36. The van der Waals surface area contributed by atoms with E-state index in [1.165, 1.54) is 5.56 Å². The van der Waals surface area contributed by atoms with Gasteiger partial charge in [-0.15, -0.1) is 0 Å². The number of fused-ring (bicyclic) bond motifs is 1. The van der Waals surface area contributed by atoms with Gasteiger partial charge in [-0.1, -0.05) is 6.07 Å². The van der Waals surface area contributed by atoms with Crippen LogP contribution >= 0.6 is 0 Å². The fourth-order valence-electron chi connectivity index (χ4n) is 4.45. The number of unbranched alkanes of at least 4 members (excludes halogenated alkanes) is 1. The Morgan fingerprint density at radius 3 is 2.77 bits per heavy atom. The lowest BCUT2D eigenvalue weighted by Gasteiger charge is -2.24. The predicted octanol–water partition coefficient (Wildman–Crippen LogP) is 3.79. The largest absolute Gasteiger partial charge is 0.480 e. The van der Waals surface area contributed by atoms with E-state index >= 15 is 0 Å². The number of amides is 1. The highest BCUT2D eigenvalue weighted by Crippen LogP contribution is 2.31. The first-order valence-corrected chi connectivity index (χ1v) is 13.3. The Bertz CT molecular complexity index is 1100. The van der Waals surface area contributed by atoms with Crippen LogP contribution in [0.3, 0.4) is 0 Å². The van der Waals surface area contributed by atoms with Crippen LogP contribution in [0.4, 0.5) is 19.0 Å². The first-order valence-electron chi connectivity index (χ1n) is 13.3. The molecular formula is C27H36F3N5O4. The number of pyridine rings is 2. The Labute approximate surface area is 226 Å². The van der Waals surface area contributed by atoms with Crippen molar-refractivity contribution >= 4 is 17.7 Å². The van der Waals surface area contributed by atoms with Gasteiger partial charge in [0.25, 0.3) is 5.91 Å². The molecule has 0 spiro atoms. The van der Waals surface area contributed by atoms with E-state index in [-0.39, 0.29) is 6.42 Å². The first-order chi connectivity index (χ1) is 18.7.